The predicted octanol–water partition coefficient (Wildman–Crippen LogP) is 1.16. The number of nitrogens with zero attached hydrogens (tertiary/aromatic N) is 3. The Bertz CT molecular complexity index is 521. The summed E-state index contributed by atoms with van der Waals surface area (Å²) in [5.41, 5.74) is 1.82. The van der Waals surface area contributed by atoms with Crippen molar-refractivity contribution in [3.8, 4) is 5.75 Å². The van der Waals surface area contributed by atoms with Gasteiger partial charge >= 0.3 is 0 Å². The van der Waals surface area contributed by atoms with Crippen molar-refractivity contribution < 1.29 is 5.11 Å². The molecule has 0 unspecified atom stereocenters. The summed E-state index contributed by atoms with van der Waals surface area (Å²) in [5.74, 6) is 1.21. The normalized spacial score (nSPS) is 10.8. The lowest BCUT2D eigenvalue weighted by atomic mass is 10.1. The molecule has 0 atom stereocenters. The van der Waals surface area contributed by atoms with E-state index in [1.807, 2.05) is 32.2 Å². The van der Waals surface area contributed by atoms with Gasteiger partial charge in [0.1, 0.15) is 12.1 Å². The van der Waals surface area contributed by atoms with Gasteiger partial charge in [-0.05, 0) is 12.5 Å². The van der Waals surface area contributed by atoms with Gasteiger partial charge in [0.15, 0.2) is 5.82 Å². The molecule has 0 radical (unpaired) electrons. The van der Waals surface area contributed by atoms with Crippen molar-refractivity contribution in [3.05, 3.63) is 41.5 Å². The van der Waals surface area contributed by atoms with Gasteiger partial charge in [-0.25, -0.2) is 4.98 Å². The molecule has 0 spiro atoms. The van der Waals surface area contributed by atoms with Crippen LogP contribution in [0.4, 0.5) is 0 Å². The van der Waals surface area contributed by atoms with Crippen molar-refractivity contribution in [2.45, 2.75) is 19.9 Å². The van der Waals surface area contributed by atoms with Gasteiger partial charge in [0.2, 0.25) is 0 Å². The molecule has 0 bridgehead atoms. The summed E-state index contributed by atoms with van der Waals surface area (Å²) in [6.07, 6.45) is 2.48. The predicted molar refractivity (Wildman–Crippen MR) is 69.3 cm³/mol. The molecule has 0 aliphatic carbocycles. The summed E-state index contributed by atoms with van der Waals surface area (Å²) >= 11 is 0. The van der Waals surface area contributed by atoms with Crippen LogP contribution in [0.5, 0.6) is 5.75 Å². The lowest BCUT2D eigenvalue weighted by molar-refractivity contribution is 0.460. The van der Waals surface area contributed by atoms with E-state index in [-0.39, 0.29) is 0 Å². The van der Waals surface area contributed by atoms with Gasteiger partial charge in [-0.2, -0.15) is 5.10 Å². The zero-order chi connectivity index (χ0) is 13.0. The number of aryl methyl sites for hydroxylation is 2. The number of benzene rings is 1. The minimum atomic E-state index is 0.376. The second kappa shape index (κ2) is 5.64. The molecule has 0 fully saturated rings. The molecule has 2 aromatic rings. The van der Waals surface area contributed by atoms with E-state index < -0.39 is 0 Å². The number of nitrogens with one attached hydrogen (secondary N) is 1. The average Bonchev–Trinajstić information content (AvgIpc) is 2.76. The molecule has 2 N–H and O–H groups in total. The Labute approximate surface area is 106 Å². The highest BCUT2D eigenvalue weighted by Crippen LogP contribution is 2.20. The van der Waals surface area contributed by atoms with Crippen molar-refractivity contribution >= 4 is 0 Å². The third kappa shape index (κ3) is 3.07. The van der Waals surface area contributed by atoms with Crippen LogP contribution in [0, 0.1) is 6.92 Å². The van der Waals surface area contributed by atoms with E-state index in [1.165, 1.54) is 0 Å². The molecular weight excluding hydrogens is 228 g/mol. The van der Waals surface area contributed by atoms with Gasteiger partial charge in [0.05, 0.1) is 0 Å². The second-order valence-electron chi connectivity index (χ2n) is 4.34. The molecular formula is C13H18N4O. The smallest absolute Gasteiger partial charge is 0.151 e. The van der Waals surface area contributed by atoms with Crippen LogP contribution in [0.25, 0.3) is 0 Å². The number of hydrogen-bond donors (Lipinski definition) is 2. The first kappa shape index (κ1) is 12.6. The molecule has 1 heterocycles. The summed E-state index contributed by atoms with van der Waals surface area (Å²) in [6, 6.07) is 5.78. The van der Waals surface area contributed by atoms with E-state index in [0.29, 0.717) is 12.3 Å². The van der Waals surface area contributed by atoms with Gasteiger partial charge < -0.3 is 10.4 Å². The number of aromatic nitrogens is 3. The van der Waals surface area contributed by atoms with Gasteiger partial charge in [0.25, 0.3) is 0 Å². The highest BCUT2D eigenvalue weighted by atomic mass is 16.3. The Kier molecular flexibility index (Phi) is 3.94. The molecule has 1 aromatic carbocycles. The largest absolute Gasteiger partial charge is 0.507 e. The standard InChI is InChI=1S/C13H18N4O/c1-10-4-3-5-11(13(10)18)8-14-7-6-12-15-9-17(2)16-12/h3-5,9,14,18H,6-8H2,1-2H3. The van der Waals surface area contributed by atoms with Gasteiger partial charge in [-0.15, -0.1) is 0 Å². The van der Waals surface area contributed by atoms with Crippen LogP contribution in [0.2, 0.25) is 0 Å². The number of para-hydroxylation sites is 1. The Morgan fingerprint density at radius 2 is 2.22 bits per heavy atom. The van der Waals surface area contributed by atoms with Gasteiger partial charge in [-0.3, -0.25) is 4.68 Å². The van der Waals surface area contributed by atoms with Crippen LogP contribution in [-0.2, 0) is 20.0 Å². The van der Waals surface area contributed by atoms with Gasteiger partial charge in [0, 0.05) is 32.1 Å². The third-order valence-corrected chi connectivity index (χ3v) is 2.81. The highest BCUT2D eigenvalue weighted by molar-refractivity contribution is 5.39. The monoisotopic (exact) mass is 246 g/mol. The van der Waals surface area contributed by atoms with Crippen LogP contribution < -0.4 is 5.32 Å². The van der Waals surface area contributed by atoms with E-state index in [2.05, 4.69) is 15.4 Å². The first-order valence-corrected chi connectivity index (χ1v) is 5.99. The van der Waals surface area contributed by atoms with Gasteiger partial charge in [-0.1, -0.05) is 18.2 Å². The molecule has 5 nitrogen and oxygen atoms in total. The molecule has 0 aliphatic rings. The zero-order valence-corrected chi connectivity index (χ0v) is 10.7. The zero-order valence-electron chi connectivity index (χ0n) is 10.7. The molecule has 18 heavy (non-hydrogen) atoms. The minimum absolute atomic E-state index is 0.376. The van der Waals surface area contributed by atoms with E-state index >= 15 is 0 Å². The average molecular weight is 246 g/mol. The fourth-order valence-corrected chi connectivity index (χ4v) is 1.78. The van der Waals surface area contributed by atoms with Crippen LogP contribution in [-0.4, -0.2) is 26.4 Å². The number of hydrogen-bond acceptors (Lipinski definition) is 4. The number of phenolic OH excluding ortho intramolecular Hbond substituents is 1. The molecule has 2 rings (SSSR count). The van der Waals surface area contributed by atoms with E-state index in [1.54, 1.807) is 11.0 Å². The molecule has 1 aromatic heterocycles. The second-order valence-corrected chi connectivity index (χ2v) is 4.34. The quantitative estimate of drug-likeness (QED) is 0.777. The fourth-order valence-electron chi connectivity index (χ4n) is 1.78. The molecule has 0 saturated carbocycles. The Morgan fingerprint density at radius 1 is 1.39 bits per heavy atom. The summed E-state index contributed by atoms with van der Waals surface area (Å²) in [6.45, 7) is 3.34. The van der Waals surface area contributed by atoms with Crippen LogP contribution >= 0.6 is 0 Å². The molecule has 0 aliphatic heterocycles. The SMILES string of the molecule is Cc1cccc(CNCCc2ncn(C)n2)c1O. The van der Waals surface area contributed by atoms with Crippen molar-refractivity contribution in [1.29, 1.82) is 0 Å². The topological polar surface area (TPSA) is 63.0 Å². The van der Waals surface area contributed by atoms with E-state index in [0.717, 1.165) is 29.9 Å². The van der Waals surface area contributed by atoms with Crippen LogP contribution in [0.15, 0.2) is 24.5 Å². The summed E-state index contributed by atoms with van der Waals surface area (Å²) in [7, 11) is 1.86. The minimum Gasteiger partial charge on any atom is -0.507 e. The summed E-state index contributed by atoms with van der Waals surface area (Å²) < 4.78 is 1.70. The third-order valence-electron chi connectivity index (χ3n) is 2.81. The molecule has 0 amide bonds. The Balaban J connectivity index is 1.80. The van der Waals surface area contributed by atoms with Crippen LogP contribution in [0.1, 0.15) is 17.0 Å². The van der Waals surface area contributed by atoms with E-state index in [9.17, 15) is 5.11 Å². The van der Waals surface area contributed by atoms with Crippen molar-refractivity contribution in [3.63, 3.8) is 0 Å². The number of rotatable bonds is 5. The maximum atomic E-state index is 9.85. The first-order valence-electron chi connectivity index (χ1n) is 5.99. The Hall–Kier alpha value is -1.88. The fraction of sp³-hybridized carbons (Fsp3) is 0.385. The summed E-state index contributed by atoms with van der Waals surface area (Å²) in [4.78, 5) is 4.15. The lowest BCUT2D eigenvalue weighted by Crippen LogP contribution is -2.17. The van der Waals surface area contributed by atoms with E-state index in [4.69, 9.17) is 0 Å². The van der Waals surface area contributed by atoms with Crippen molar-refractivity contribution in [2.75, 3.05) is 6.54 Å². The molecule has 5 heteroatoms. The maximum Gasteiger partial charge on any atom is 0.151 e. The lowest BCUT2D eigenvalue weighted by Gasteiger charge is -2.07. The van der Waals surface area contributed by atoms with Crippen LogP contribution in [0.3, 0.4) is 0 Å². The number of phenols is 1. The maximum absolute atomic E-state index is 9.85. The van der Waals surface area contributed by atoms with Crippen molar-refractivity contribution in [2.24, 2.45) is 7.05 Å². The molecule has 0 saturated heterocycles. The first-order chi connectivity index (χ1) is 8.66. The van der Waals surface area contributed by atoms with Crippen molar-refractivity contribution in [1.82, 2.24) is 20.1 Å². The number of aromatic hydroxyl groups is 1. The highest BCUT2D eigenvalue weighted by Gasteiger charge is 2.03. The summed E-state index contributed by atoms with van der Waals surface area (Å²) in [5, 5.41) is 17.3. The Morgan fingerprint density at radius 3 is 2.94 bits per heavy atom. The molecule has 96 valence electrons.